The lowest BCUT2D eigenvalue weighted by atomic mass is 10.3. The second kappa shape index (κ2) is 4.21. The first-order chi connectivity index (χ1) is 6.59. The molecule has 0 spiro atoms. The first-order valence-corrected chi connectivity index (χ1v) is 3.67. The highest BCUT2D eigenvalue weighted by molar-refractivity contribution is 5.93. The van der Waals surface area contributed by atoms with Gasteiger partial charge in [0.05, 0.1) is 0 Å². The van der Waals surface area contributed by atoms with Crippen molar-refractivity contribution in [1.82, 2.24) is 10.3 Å². The molecule has 0 aliphatic heterocycles. The fourth-order valence-corrected chi connectivity index (χ4v) is 0.692. The molecule has 0 unspecified atom stereocenters. The first kappa shape index (κ1) is 9.96. The third-order valence-electron chi connectivity index (χ3n) is 1.33. The summed E-state index contributed by atoms with van der Waals surface area (Å²) < 4.78 is 4.20. The van der Waals surface area contributed by atoms with E-state index in [0.29, 0.717) is 0 Å². The van der Waals surface area contributed by atoms with Gasteiger partial charge in [-0.3, -0.25) is 4.79 Å². The third-order valence-corrected chi connectivity index (χ3v) is 1.33. The van der Waals surface area contributed by atoms with Crippen LogP contribution in [-0.4, -0.2) is 22.2 Å². The van der Waals surface area contributed by atoms with Gasteiger partial charge in [-0.25, -0.2) is 4.63 Å². The van der Waals surface area contributed by atoms with Gasteiger partial charge >= 0.3 is 0 Å². The number of carbonyl (C=O) groups excluding carboxylic acids is 2. The van der Waals surface area contributed by atoms with E-state index < -0.39 is 11.9 Å². The van der Waals surface area contributed by atoms with Crippen LogP contribution >= 0.6 is 0 Å². The Morgan fingerprint density at radius 3 is 2.64 bits per heavy atom. The van der Waals surface area contributed by atoms with Crippen LogP contribution in [0.15, 0.2) is 4.63 Å². The lowest BCUT2D eigenvalue weighted by Gasteiger charge is -2.01. The largest absolute Gasteiger partial charge is 0.550 e. The van der Waals surface area contributed by atoms with Gasteiger partial charge < -0.3 is 21.0 Å². The molecule has 0 saturated carbocycles. The zero-order valence-electron chi connectivity index (χ0n) is 7.02. The van der Waals surface area contributed by atoms with Crippen molar-refractivity contribution in [2.75, 3.05) is 11.1 Å². The van der Waals surface area contributed by atoms with Crippen LogP contribution in [0.4, 0.5) is 11.6 Å². The zero-order chi connectivity index (χ0) is 10.6. The fourth-order valence-electron chi connectivity index (χ4n) is 0.692. The Hall–Kier alpha value is -2.12. The summed E-state index contributed by atoms with van der Waals surface area (Å²) in [7, 11) is 0. The Balaban J connectivity index is 2.42. The second-order valence-electron chi connectivity index (χ2n) is 2.42. The molecule has 0 radical (unpaired) electrons. The Bertz CT molecular complexity index is 347. The van der Waals surface area contributed by atoms with E-state index >= 15 is 0 Å². The topological polar surface area (TPSA) is 134 Å². The summed E-state index contributed by atoms with van der Waals surface area (Å²) >= 11 is 0. The van der Waals surface area contributed by atoms with E-state index in [1.54, 1.807) is 0 Å². The van der Waals surface area contributed by atoms with Gasteiger partial charge in [0.1, 0.15) is 0 Å². The highest BCUT2D eigenvalue weighted by atomic mass is 16.6. The highest BCUT2D eigenvalue weighted by Gasteiger charge is 2.09. The molecule has 0 atom stereocenters. The van der Waals surface area contributed by atoms with E-state index in [1.807, 2.05) is 0 Å². The van der Waals surface area contributed by atoms with Gasteiger partial charge in [0.2, 0.25) is 17.5 Å². The van der Waals surface area contributed by atoms with Crippen molar-refractivity contribution in [1.29, 1.82) is 0 Å². The summed E-state index contributed by atoms with van der Waals surface area (Å²) in [6.45, 7) is 0. The average Bonchev–Trinajstić information content (AvgIpc) is 2.49. The number of nitrogen functional groups attached to an aromatic ring is 1. The van der Waals surface area contributed by atoms with E-state index in [-0.39, 0.29) is 24.5 Å². The molecule has 0 aromatic carbocycles. The van der Waals surface area contributed by atoms with Crippen molar-refractivity contribution < 1.29 is 19.3 Å². The molecule has 1 aromatic rings. The molecular formula is C6H7N4O4-. The lowest BCUT2D eigenvalue weighted by Crippen LogP contribution is -2.24. The number of amides is 1. The number of nitrogens with one attached hydrogen (secondary N) is 1. The minimum Gasteiger partial charge on any atom is -0.550 e. The molecule has 0 aliphatic rings. The number of rotatable bonds is 4. The van der Waals surface area contributed by atoms with Crippen molar-refractivity contribution in [3.63, 3.8) is 0 Å². The van der Waals surface area contributed by atoms with Crippen LogP contribution in [0.2, 0.25) is 0 Å². The van der Waals surface area contributed by atoms with Gasteiger partial charge in [0, 0.05) is 12.4 Å². The summed E-state index contributed by atoms with van der Waals surface area (Å²) in [5.41, 5.74) is 5.23. The zero-order valence-corrected chi connectivity index (χ0v) is 7.02. The first-order valence-electron chi connectivity index (χ1n) is 3.67. The van der Waals surface area contributed by atoms with Crippen LogP contribution < -0.4 is 16.2 Å². The number of nitrogens with two attached hydrogens (primary N) is 1. The number of anilines is 2. The quantitative estimate of drug-likeness (QED) is 0.579. The van der Waals surface area contributed by atoms with Gasteiger partial charge in [-0.1, -0.05) is 0 Å². The van der Waals surface area contributed by atoms with Gasteiger partial charge in [-0.15, -0.1) is 0 Å². The summed E-state index contributed by atoms with van der Waals surface area (Å²) in [6.07, 6.45) is -0.578. The summed E-state index contributed by atoms with van der Waals surface area (Å²) in [5.74, 6) is -1.93. The molecular weight excluding hydrogens is 192 g/mol. The van der Waals surface area contributed by atoms with Crippen molar-refractivity contribution in [2.24, 2.45) is 0 Å². The van der Waals surface area contributed by atoms with Crippen LogP contribution in [0.25, 0.3) is 0 Å². The van der Waals surface area contributed by atoms with Gasteiger partial charge in [0.15, 0.2) is 0 Å². The van der Waals surface area contributed by atoms with E-state index in [0.717, 1.165) is 0 Å². The lowest BCUT2D eigenvalue weighted by molar-refractivity contribution is -0.305. The van der Waals surface area contributed by atoms with E-state index in [1.165, 1.54) is 0 Å². The predicted molar refractivity (Wildman–Crippen MR) is 41.6 cm³/mol. The van der Waals surface area contributed by atoms with Crippen molar-refractivity contribution in [2.45, 2.75) is 12.8 Å². The number of aromatic nitrogens is 2. The third kappa shape index (κ3) is 2.73. The van der Waals surface area contributed by atoms with Crippen LogP contribution in [0.5, 0.6) is 0 Å². The molecule has 1 aromatic heterocycles. The molecule has 0 bridgehead atoms. The van der Waals surface area contributed by atoms with Crippen molar-refractivity contribution in [3.05, 3.63) is 0 Å². The fraction of sp³-hybridized carbons (Fsp3) is 0.333. The van der Waals surface area contributed by atoms with E-state index in [2.05, 4.69) is 20.3 Å². The second-order valence-corrected chi connectivity index (χ2v) is 2.42. The maximum atomic E-state index is 11.0. The van der Waals surface area contributed by atoms with Gasteiger partial charge in [-0.2, -0.15) is 0 Å². The molecule has 0 fully saturated rings. The molecule has 1 amide bonds. The molecule has 0 aliphatic carbocycles. The number of carboxylic acid groups (broad SMARTS) is 1. The summed E-state index contributed by atoms with van der Waals surface area (Å²) in [4.78, 5) is 21.0. The molecule has 1 heterocycles. The van der Waals surface area contributed by atoms with E-state index in [9.17, 15) is 14.7 Å². The van der Waals surface area contributed by atoms with Gasteiger partial charge in [-0.05, 0) is 16.7 Å². The van der Waals surface area contributed by atoms with Gasteiger partial charge in [0.25, 0.3) is 0 Å². The molecule has 8 heteroatoms. The smallest absolute Gasteiger partial charge is 0.226 e. The number of aliphatic carboxylic acids is 1. The molecule has 3 N–H and O–H groups in total. The molecule has 8 nitrogen and oxygen atoms in total. The molecule has 14 heavy (non-hydrogen) atoms. The number of carbonyl (C=O) groups is 2. The van der Waals surface area contributed by atoms with E-state index in [4.69, 9.17) is 5.73 Å². The van der Waals surface area contributed by atoms with Crippen molar-refractivity contribution >= 4 is 23.5 Å². The molecule has 1 rings (SSSR count). The van der Waals surface area contributed by atoms with Crippen LogP contribution in [-0.2, 0) is 9.59 Å². The Morgan fingerprint density at radius 2 is 2.14 bits per heavy atom. The Morgan fingerprint density at radius 1 is 1.43 bits per heavy atom. The number of carboxylic acids is 1. The SMILES string of the molecule is Nc1nonc1NC(=O)CCC(=O)[O-]. The Kier molecular flexibility index (Phi) is 3.00. The maximum Gasteiger partial charge on any atom is 0.226 e. The highest BCUT2D eigenvalue weighted by Crippen LogP contribution is 2.10. The monoisotopic (exact) mass is 199 g/mol. The minimum absolute atomic E-state index is 0.0200. The number of nitrogens with zero attached hydrogens (tertiary/aromatic N) is 2. The predicted octanol–water partition coefficient (Wildman–Crippen LogP) is -1.88. The van der Waals surface area contributed by atoms with Crippen molar-refractivity contribution in [3.8, 4) is 0 Å². The number of hydrogen-bond donors (Lipinski definition) is 2. The molecule has 76 valence electrons. The maximum absolute atomic E-state index is 11.0. The van der Waals surface area contributed by atoms with Crippen LogP contribution in [0, 0.1) is 0 Å². The van der Waals surface area contributed by atoms with Crippen LogP contribution in [0.1, 0.15) is 12.8 Å². The summed E-state index contributed by atoms with van der Waals surface area (Å²) in [6, 6.07) is 0. The standard InChI is InChI=1S/C6H8N4O4/c7-5-6(10-14-9-5)8-3(11)1-2-4(12)13/h1-2H2,(H2,7,9)(H,12,13)(H,8,10,11)/p-1. The normalized spacial score (nSPS) is 9.71. The summed E-state index contributed by atoms with van der Waals surface area (Å²) in [5, 5.41) is 18.7. The minimum atomic E-state index is -1.30. The Labute approximate surface area is 78.0 Å². The van der Waals surface area contributed by atoms with Crippen LogP contribution in [0.3, 0.4) is 0 Å². The average molecular weight is 199 g/mol. The molecule has 0 saturated heterocycles. The number of hydrogen-bond acceptors (Lipinski definition) is 7.